The Morgan fingerprint density at radius 2 is 2.11 bits per heavy atom. The molecule has 3 nitrogen and oxygen atoms in total. The van der Waals surface area contributed by atoms with E-state index >= 15 is 0 Å². The molecule has 1 saturated heterocycles. The highest BCUT2D eigenvalue weighted by molar-refractivity contribution is 5.16. The van der Waals surface area contributed by atoms with Crippen LogP contribution in [0.2, 0.25) is 0 Å². The molecule has 2 atom stereocenters. The smallest absolute Gasteiger partial charge is 0.122 e. The Kier molecular flexibility index (Phi) is 4.24. The zero-order valence-electron chi connectivity index (χ0n) is 12.0. The molecule has 2 unspecified atom stereocenters. The van der Waals surface area contributed by atoms with Gasteiger partial charge in [-0.25, -0.2) is 0 Å². The number of nitrogens with zero attached hydrogens (tertiary/aromatic N) is 1. The van der Waals surface area contributed by atoms with Gasteiger partial charge in [0, 0.05) is 18.7 Å². The van der Waals surface area contributed by atoms with Gasteiger partial charge in [-0.2, -0.15) is 0 Å². The second-order valence-electron chi connectivity index (χ2n) is 6.23. The van der Waals surface area contributed by atoms with E-state index in [9.17, 15) is 0 Å². The third kappa shape index (κ3) is 3.03. The van der Waals surface area contributed by atoms with Gasteiger partial charge in [-0.05, 0) is 44.3 Å². The molecule has 1 N–H and O–H groups in total. The number of nitrogens with one attached hydrogen (secondary N) is 1. The largest absolute Gasteiger partial charge is 0.468 e. The number of hydrogen-bond donors (Lipinski definition) is 1. The number of piperidine rings is 1. The maximum Gasteiger partial charge on any atom is 0.122 e. The first-order chi connectivity index (χ1) is 9.36. The molecule has 2 fully saturated rings. The Hall–Kier alpha value is -0.800. The minimum atomic E-state index is 0.908. The molecule has 19 heavy (non-hydrogen) atoms. The monoisotopic (exact) mass is 262 g/mol. The zero-order valence-corrected chi connectivity index (χ0v) is 12.0. The third-order valence-corrected chi connectivity index (χ3v) is 4.95. The van der Waals surface area contributed by atoms with Crippen molar-refractivity contribution >= 4 is 0 Å². The van der Waals surface area contributed by atoms with Gasteiger partial charge in [0.25, 0.3) is 0 Å². The predicted octanol–water partition coefficient (Wildman–Crippen LogP) is 3.01. The molecular formula is C16H26N2O. The van der Waals surface area contributed by atoms with Crippen molar-refractivity contribution in [2.75, 3.05) is 20.1 Å². The van der Waals surface area contributed by atoms with Crippen LogP contribution in [0.15, 0.2) is 16.7 Å². The van der Waals surface area contributed by atoms with Gasteiger partial charge in [0.05, 0.1) is 12.8 Å². The van der Waals surface area contributed by atoms with E-state index in [1.54, 1.807) is 0 Å². The van der Waals surface area contributed by atoms with Crippen molar-refractivity contribution in [1.82, 2.24) is 10.2 Å². The molecule has 2 aliphatic rings. The van der Waals surface area contributed by atoms with E-state index in [-0.39, 0.29) is 0 Å². The van der Waals surface area contributed by atoms with Crippen LogP contribution < -0.4 is 5.32 Å². The molecule has 0 aromatic carbocycles. The summed E-state index contributed by atoms with van der Waals surface area (Å²) in [6.07, 6.45) is 9.06. The second kappa shape index (κ2) is 6.10. The van der Waals surface area contributed by atoms with Crippen molar-refractivity contribution in [3.63, 3.8) is 0 Å². The first-order valence-corrected chi connectivity index (χ1v) is 7.79. The molecule has 0 radical (unpaired) electrons. The molecular weight excluding hydrogens is 236 g/mol. The summed E-state index contributed by atoms with van der Waals surface area (Å²) >= 11 is 0. The molecule has 0 spiro atoms. The summed E-state index contributed by atoms with van der Waals surface area (Å²) in [6.45, 7) is 4.43. The van der Waals surface area contributed by atoms with E-state index in [4.69, 9.17) is 4.42 Å². The van der Waals surface area contributed by atoms with E-state index in [1.165, 1.54) is 50.8 Å². The van der Waals surface area contributed by atoms with Crippen molar-refractivity contribution in [3.05, 3.63) is 23.7 Å². The van der Waals surface area contributed by atoms with Crippen LogP contribution in [0.1, 0.15) is 43.4 Å². The quantitative estimate of drug-likeness (QED) is 0.904. The van der Waals surface area contributed by atoms with Gasteiger partial charge in [0.2, 0.25) is 0 Å². The van der Waals surface area contributed by atoms with Gasteiger partial charge in [0.1, 0.15) is 5.76 Å². The van der Waals surface area contributed by atoms with Crippen molar-refractivity contribution in [2.45, 2.75) is 45.2 Å². The first kappa shape index (κ1) is 13.2. The Balaban J connectivity index is 1.59. The number of fused-ring (bicyclic) bond motifs is 1. The summed E-state index contributed by atoms with van der Waals surface area (Å²) in [5, 5.41) is 3.21. The summed E-state index contributed by atoms with van der Waals surface area (Å²) in [4.78, 5) is 2.60. The molecule has 1 aromatic heterocycles. The van der Waals surface area contributed by atoms with Gasteiger partial charge in [0.15, 0.2) is 0 Å². The maximum atomic E-state index is 5.67. The molecule has 2 heterocycles. The van der Waals surface area contributed by atoms with E-state index in [1.807, 2.05) is 13.3 Å². The van der Waals surface area contributed by atoms with Crippen LogP contribution in [0.5, 0.6) is 0 Å². The van der Waals surface area contributed by atoms with Gasteiger partial charge in [-0.15, -0.1) is 0 Å². The highest BCUT2D eigenvalue weighted by Gasteiger charge is 2.31. The average molecular weight is 262 g/mol. The molecule has 3 heteroatoms. The minimum absolute atomic E-state index is 0.908. The van der Waals surface area contributed by atoms with Crippen LogP contribution in [-0.2, 0) is 13.1 Å². The SMILES string of the molecule is CNCc1ccoc1CN1CCC2CCCCC2C1. The molecule has 3 rings (SSSR count). The Morgan fingerprint density at radius 1 is 1.26 bits per heavy atom. The van der Waals surface area contributed by atoms with Crippen molar-refractivity contribution in [3.8, 4) is 0 Å². The van der Waals surface area contributed by atoms with Crippen LogP contribution >= 0.6 is 0 Å². The predicted molar refractivity (Wildman–Crippen MR) is 76.8 cm³/mol. The molecule has 1 aliphatic heterocycles. The van der Waals surface area contributed by atoms with Gasteiger partial charge < -0.3 is 9.73 Å². The molecule has 0 amide bonds. The Labute approximate surface area is 116 Å². The maximum absolute atomic E-state index is 5.67. The fourth-order valence-corrected chi connectivity index (χ4v) is 3.88. The lowest BCUT2D eigenvalue weighted by Gasteiger charge is -2.41. The molecule has 106 valence electrons. The third-order valence-electron chi connectivity index (χ3n) is 4.95. The minimum Gasteiger partial charge on any atom is -0.468 e. The highest BCUT2D eigenvalue weighted by atomic mass is 16.3. The Bertz CT molecular complexity index is 401. The number of furan rings is 1. The van der Waals surface area contributed by atoms with Crippen molar-refractivity contribution in [2.24, 2.45) is 11.8 Å². The number of hydrogen-bond acceptors (Lipinski definition) is 3. The lowest BCUT2D eigenvalue weighted by molar-refractivity contribution is 0.0771. The topological polar surface area (TPSA) is 28.4 Å². The number of rotatable bonds is 4. The standard InChI is InChI=1S/C16H26N2O/c1-17-10-14-7-9-19-16(14)12-18-8-6-13-4-2-3-5-15(13)11-18/h7,9,13,15,17H,2-6,8,10-12H2,1H3. The fourth-order valence-electron chi connectivity index (χ4n) is 3.88. The van der Waals surface area contributed by atoms with E-state index < -0.39 is 0 Å². The molecule has 1 saturated carbocycles. The van der Waals surface area contributed by atoms with E-state index in [0.29, 0.717) is 0 Å². The summed E-state index contributed by atoms with van der Waals surface area (Å²) in [6, 6.07) is 2.10. The van der Waals surface area contributed by atoms with Gasteiger partial charge in [-0.3, -0.25) is 4.90 Å². The van der Waals surface area contributed by atoms with Gasteiger partial charge >= 0.3 is 0 Å². The number of likely N-dealkylation sites (tertiary alicyclic amines) is 1. The van der Waals surface area contributed by atoms with Crippen LogP contribution in [0, 0.1) is 11.8 Å². The van der Waals surface area contributed by atoms with Crippen molar-refractivity contribution in [1.29, 1.82) is 0 Å². The lowest BCUT2D eigenvalue weighted by Crippen LogP contribution is -2.41. The Morgan fingerprint density at radius 3 is 2.95 bits per heavy atom. The zero-order chi connectivity index (χ0) is 13.1. The molecule has 0 bridgehead atoms. The van der Waals surface area contributed by atoms with E-state index in [0.717, 1.165) is 30.7 Å². The average Bonchev–Trinajstić information content (AvgIpc) is 2.86. The fraction of sp³-hybridized carbons (Fsp3) is 0.750. The second-order valence-corrected chi connectivity index (χ2v) is 6.23. The first-order valence-electron chi connectivity index (χ1n) is 7.79. The lowest BCUT2D eigenvalue weighted by atomic mass is 9.75. The van der Waals surface area contributed by atoms with E-state index in [2.05, 4.69) is 16.3 Å². The summed E-state index contributed by atoms with van der Waals surface area (Å²) in [7, 11) is 1.99. The molecule has 1 aliphatic carbocycles. The van der Waals surface area contributed by atoms with Crippen LogP contribution in [0.4, 0.5) is 0 Å². The summed E-state index contributed by atoms with van der Waals surface area (Å²) in [5.41, 5.74) is 1.31. The highest BCUT2D eigenvalue weighted by Crippen LogP contribution is 2.36. The van der Waals surface area contributed by atoms with Crippen LogP contribution in [0.3, 0.4) is 0 Å². The summed E-state index contributed by atoms with van der Waals surface area (Å²) in [5.74, 6) is 3.12. The van der Waals surface area contributed by atoms with Crippen LogP contribution in [-0.4, -0.2) is 25.0 Å². The van der Waals surface area contributed by atoms with Crippen LogP contribution in [0.25, 0.3) is 0 Å². The molecule has 1 aromatic rings. The summed E-state index contributed by atoms with van der Waals surface area (Å²) < 4.78 is 5.67. The van der Waals surface area contributed by atoms with Crippen molar-refractivity contribution < 1.29 is 4.42 Å². The van der Waals surface area contributed by atoms with Gasteiger partial charge in [-0.1, -0.05) is 19.3 Å². The normalized spacial score (nSPS) is 28.3.